The van der Waals surface area contributed by atoms with Crippen molar-refractivity contribution in [3.8, 4) is 11.4 Å². The van der Waals surface area contributed by atoms with Crippen LogP contribution in [0.25, 0.3) is 11.4 Å². The molecular formula is C12H17N5OS. The fourth-order valence-corrected chi connectivity index (χ4v) is 2.42. The average molecular weight is 279 g/mol. The zero-order valence-electron chi connectivity index (χ0n) is 11.0. The molecule has 1 aromatic heterocycles. The van der Waals surface area contributed by atoms with Crippen molar-refractivity contribution in [1.29, 1.82) is 0 Å². The van der Waals surface area contributed by atoms with E-state index in [0.29, 0.717) is 29.6 Å². The summed E-state index contributed by atoms with van der Waals surface area (Å²) in [5.41, 5.74) is 8.53. The minimum absolute atomic E-state index is 0.524. The first-order valence-electron chi connectivity index (χ1n) is 6.10. The summed E-state index contributed by atoms with van der Waals surface area (Å²) < 4.78 is 13.1. The fourth-order valence-electron chi connectivity index (χ4n) is 1.76. The molecule has 0 aliphatic carbocycles. The lowest BCUT2D eigenvalue weighted by atomic mass is 10.1. The third-order valence-corrected chi connectivity index (χ3v) is 4.23. The lowest BCUT2D eigenvalue weighted by Crippen LogP contribution is -2.12. The molecule has 0 amide bonds. The second-order valence-electron chi connectivity index (χ2n) is 4.19. The lowest BCUT2D eigenvalue weighted by molar-refractivity contribution is 0.624. The number of rotatable bonds is 5. The second kappa shape index (κ2) is 5.92. The maximum Gasteiger partial charge on any atom is 0.184 e. The molecule has 6 nitrogen and oxygen atoms in total. The summed E-state index contributed by atoms with van der Waals surface area (Å²) in [7, 11) is -0.834. The molecule has 19 heavy (non-hydrogen) atoms. The Balaban J connectivity index is 2.29. The number of aryl methyl sites for hydroxylation is 2. The minimum atomic E-state index is -0.834. The van der Waals surface area contributed by atoms with Gasteiger partial charge >= 0.3 is 0 Å². The van der Waals surface area contributed by atoms with Crippen molar-refractivity contribution in [2.24, 2.45) is 0 Å². The Morgan fingerprint density at radius 2 is 2.21 bits per heavy atom. The van der Waals surface area contributed by atoms with Crippen molar-refractivity contribution in [1.82, 2.24) is 20.2 Å². The molecular weight excluding hydrogens is 262 g/mol. The number of nitrogen functional groups attached to an aromatic ring is 1. The van der Waals surface area contributed by atoms with Crippen LogP contribution in [0.2, 0.25) is 0 Å². The van der Waals surface area contributed by atoms with Crippen LogP contribution in [-0.4, -0.2) is 35.9 Å². The number of nitrogens with zero attached hydrogens (tertiary/aromatic N) is 4. The van der Waals surface area contributed by atoms with Gasteiger partial charge in [-0.25, -0.2) is 4.68 Å². The van der Waals surface area contributed by atoms with Crippen LogP contribution in [0.1, 0.15) is 12.5 Å². The van der Waals surface area contributed by atoms with Gasteiger partial charge in [0.2, 0.25) is 0 Å². The third kappa shape index (κ3) is 2.98. The van der Waals surface area contributed by atoms with Gasteiger partial charge in [0.25, 0.3) is 0 Å². The predicted octanol–water partition coefficient (Wildman–Crippen LogP) is 0.999. The van der Waals surface area contributed by atoms with Gasteiger partial charge in [-0.1, -0.05) is 19.1 Å². The first-order valence-corrected chi connectivity index (χ1v) is 7.59. The van der Waals surface area contributed by atoms with E-state index in [2.05, 4.69) is 15.5 Å². The number of anilines is 1. The molecule has 0 saturated heterocycles. The predicted molar refractivity (Wildman–Crippen MR) is 76.0 cm³/mol. The normalized spacial score (nSPS) is 12.5. The molecule has 2 rings (SSSR count). The molecule has 102 valence electrons. The van der Waals surface area contributed by atoms with Gasteiger partial charge in [0.1, 0.15) is 0 Å². The molecule has 2 aromatic rings. The van der Waals surface area contributed by atoms with E-state index in [4.69, 9.17) is 5.73 Å². The highest BCUT2D eigenvalue weighted by Crippen LogP contribution is 2.25. The van der Waals surface area contributed by atoms with Crippen LogP contribution >= 0.6 is 0 Å². The van der Waals surface area contributed by atoms with Gasteiger partial charge in [0.05, 0.1) is 6.54 Å². The van der Waals surface area contributed by atoms with Crippen LogP contribution < -0.4 is 5.73 Å². The van der Waals surface area contributed by atoms with Crippen LogP contribution in [0.15, 0.2) is 18.2 Å². The Morgan fingerprint density at radius 1 is 1.42 bits per heavy atom. The quantitative estimate of drug-likeness (QED) is 0.825. The first kappa shape index (κ1) is 13.7. The van der Waals surface area contributed by atoms with Gasteiger partial charge in [0, 0.05) is 33.6 Å². The van der Waals surface area contributed by atoms with Crippen LogP contribution in [0, 0.1) is 6.92 Å². The van der Waals surface area contributed by atoms with Gasteiger partial charge in [-0.2, -0.15) is 0 Å². The number of nitrogens with two attached hydrogens (primary N) is 1. The molecule has 2 N–H and O–H groups in total. The van der Waals surface area contributed by atoms with Gasteiger partial charge in [-0.15, -0.1) is 5.10 Å². The number of hydrogen-bond acceptors (Lipinski definition) is 5. The van der Waals surface area contributed by atoms with Crippen LogP contribution in [0.3, 0.4) is 0 Å². The van der Waals surface area contributed by atoms with E-state index >= 15 is 0 Å². The monoisotopic (exact) mass is 279 g/mol. The topological polar surface area (TPSA) is 86.7 Å². The van der Waals surface area contributed by atoms with Gasteiger partial charge in [-0.3, -0.25) is 4.21 Å². The maximum absolute atomic E-state index is 11.5. The van der Waals surface area contributed by atoms with Crippen molar-refractivity contribution in [3.05, 3.63) is 23.8 Å². The Bertz CT molecular complexity index is 596. The molecule has 1 unspecified atom stereocenters. The molecule has 0 aliphatic heterocycles. The smallest absolute Gasteiger partial charge is 0.184 e. The molecule has 7 heteroatoms. The zero-order chi connectivity index (χ0) is 13.8. The standard InChI is InChI=1S/C12H17N5OS/c1-3-19(18)8-7-17-12(14-15-16-17)10-6-4-5-9(2)11(10)13/h4-6H,3,7-8,13H2,1-2H3. The Morgan fingerprint density at radius 3 is 2.95 bits per heavy atom. The number of para-hydroxylation sites is 1. The van der Waals surface area contributed by atoms with Crippen molar-refractivity contribution in [3.63, 3.8) is 0 Å². The Kier molecular flexibility index (Phi) is 4.26. The highest BCUT2D eigenvalue weighted by molar-refractivity contribution is 7.84. The summed E-state index contributed by atoms with van der Waals surface area (Å²) >= 11 is 0. The molecule has 0 saturated carbocycles. The Labute approximate surface area is 114 Å². The fraction of sp³-hybridized carbons (Fsp3) is 0.417. The van der Waals surface area contributed by atoms with Gasteiger partial charge in [-0.05, 0) is 29.0 Å². The summed E-state index contributed by atoms with van der Waals surface area (Å²) in [5.74, 6) is 1.80. The van der Waals surface area contributed by atoms with Crippen molar-refractivity contribution < 1.29 is 4.21 Å². The van der Waals surface area contributed by atoms with Crippen molar-refractivity contribution >= 4 is 16.5 Å². The lowest BCUT2D eigenvalue weighted by Gasteiger charge is -2.08. The van der Waals surface area contributed by atoms with E-state index in [1.807, 2.05) is 32.0 Å². The van der Waals surface area contributed by atoms with Crippen molar-refractivity contribution in [2.45, 2.75) is 20.4 Å². The van der Waals surface area contributed by atoms with E-state index in [9.17, 15) is 4.21 Å². The SMILES string of the molecule is CCS(=O)CCn1nnnc1-c1cccc(C)c1N. The molecule has 1 aromatic carbocycles. The molecule has 0 aliphatic rings. The van der Waals surface area contributed by atoms with Gasteiger partial charge in [0.15, 0.2) is 5.82 Å². The van der Waals surface area contributed by atoms with Crippen molar-refractivity contribution in [2.75, 3.05) is 17.2 Å². The second-order valence-corrected chi connectivity index (χ2v) is 6.06. The van der Waals surface area contributed by atoms with Crippen LogP contribution in [0.5, 0.6) is 0 Å². The number of aromatic nitrogens is 4. The average Bonchev–Trinajstić information content (AvgIpc) is 2.87. The summed E-state index contributed by atoms with van der Waals surface area (Å²) in [6.07, 6.45) is 0. The first-order chi connectivity index (χ1) is 9.13. The summed E-state index contributed by atoms with van der Waals surface area (Å²) in [5, 5.41) is 11.6. The third-order valence-electron chi connectivity index (χ3n) is 2.95. The molecule has 0 radical (unpaired) electrons. The number of benzene rings is 1. The van der Waals surface area contributed by atoms with E-state index in [1.165, 1.54) is 0 Å². The van der Waals surface area contributed by atoms with Crippen LogP contribution in [-0.2, 0) is 17.3 Å². The molecule has 0 spiro atoms. The summed E-state index contributed by atoms with van der Waals surface area (Å²) in [4.78, 5) is 0. The Hall–Kier alpha value is -1.76. The molecule has 0 fully saturated rings. The van der Waals surface area contributed by atoms with E-state index in [0.717, 1.165) is 11.1 Å². The summed E-state index contributed by atoms with van der Waals surface area (Å²) in [6, 6.07) is 5.75. The molecule has 1 heterocycles. The molecule has 0 bridgehead atoms. The largest absolute Gasteiger partial charge is 0.398 e. The zero-order valence-corrected chi connectivity index (χ0v) is 11.9. The minimum Gasteiger partial charge on any atom is -0.398 e. The maximum atomic E-state index is 11.5. The van der Waals surface area contributed by atoms with E-state index in [1.54, 1.807) is 4.68 Å². The highest BCUT2D eigenvalue weighted by atomic mass is 32.2. The van der Waals surface area contributed by atoms with Crippen LogP contribution in [0.4, 0.5) is 5.69 Å². The number of hydrogen-bond donors (Lipinski definition) is 1. The highest BCUT2D eigenvalue weighted by Gasteiger charge is 2.13. The molecule has 1 atom stereocenters. The van der Waals surface area contributed by atoms with E-state index < -0.39 is 10.8 Å². The number of tetrazole rings is 1. The van der Waals surface area contributed by atoms with Gasteiger partial charge < -0.3 is 5.73 Å². The summed E-state index contributed by atoms with van der Waals surface area (Å²) in [6.45, 7) is 4.37. The van der Waals surface area contributed by atoms with E-state index in [-0.39, 0.29) is 0 Å².